The molecule has 0 aromatic carbocycles. The second kappa shape index (κ2) is 4.23. The summed E-state index contributed by atoms with van der Waals surface area (Å²) in [4.78, 5) is 3.60. The molecule has 0 radical (unpaired) electrons. The lowest BCUT2D eigenvalue weighted by atomic mass is 10.2. The first-order chi connectivity index (χ1) is 6.07. The molecule has 72 valence electrons. The standard InChI is InChI=1S/C7H6F3IN2/c8-6-4(1-12)13-2-3(11)5(6)7(9)10/h2,7H,1,12H2. The van der Waals surface area contributed by atoms with Crippen molar-refractivity contribution in [1.82, 2.24) is 4.98 Å². The Kier molecular flexibility index (Phi) is 3.48. The first kappa shape index (κ1) is 10.7. The van der Waals surface area contributed by atoms with Crippen LogP contribution in [0.4, 0.5) is 13.2 Å². The monoisotopic (exact) mass is 302 g/mol. The average Bonchev–Trinajstić information content (AvgIpc) is 2.04. The van der Waals surface area contributed by atoms with Crippen molar-refractivity contribution in [3.8, 4) is 0 Å². The maximum Gasteiger partial charge on any atom is 0.267 e. The van der Waals surface area contributed by atoms with Gasteiger partial charge in [0.1, 0.15) is 0 Å². The maximum atomic E-state index is 13.2. The van der Waals surface area contributed by atoms with Gasteiger partial charge in [0, 0.05) is 16.3 Å². The Labute approximate surface area is 86.5 Å². The van der Waals surface area contributed by atoms with Gasteiger partial charge in [0.25, 0.3) is 6.43 Å². The highest BCUT2D eigenvalue weighted by molar-refractivity contribution is 14.1. The molecule has 0 saturated heterocycles. The Morgan fingerprint density at radius 2 is 2.15 bits per heavy atom. The molecule has 1 heterocycles. The largest absolute Gasteiger partial charge is 0.325 e. The van der Waals surface area contributed by atoms with Crippen molar-refractivity contribution < 1.29 is 13.2 Å². The summed E-state index contributed by atoms with van der Waals surface area (Å²) < 4.78 is 37.9. The third kappa shape index (κ3) is 2.11. The molecule has 2 nitrogen and oxygen atoms in total. The third-order valence-electron chi connectivity index (χ3n) is 1.49. The van der Waals surface area contributed by atoms with Gasteiger partial charge < -0.3 is 5.73 Å². The van der Waals surface area contributed by atoms with Gasteiger partial charge in [-0.15, -0.1) is 0 Å². The normalized spacial score (nSPS) is 10.9. The molecule has 6 heteroatoms. The van der Waals surface area contributed by atoms with Gasteiger partial charge in [0.05, 0.1) is 11.3 Å². The number of hydrogen-bond acceptors (Lipinski definition) is 2. The van der Waals surface area contributed by atoms with Crippen LogP contribution in [0.5, 0.6) is 0 Å². The van der Waals surface area contributed by atoms with Crippen LogP contribution in [0, 0.1) is 9.39 Å². The molecule has 0 unspecified atom stereocenters. The maximum absolute atomic E-state index is 13.2. The van der Waals surface area contributed by atoms with Crippen molar-refractivity contribution in [2.45, 2.75) is 13.0 Å². The van der Waals surface area contributed by atoms with E-state index in [1.54, 1.807) is 22.6 Å². The van der Waals surface area contributed by atoms with E-state index in [0.717, 1.165) is 0 Å². The Morgan fingerprint density at radius 1 is 1.54 bits per heavy atom. The van der Waals surface area contributed by atoms with Crippen molar-refractivity contribution in [2.75, 3.05) is 0 Å². The van der Waals surface area contributed by atoms with Crippen LogP contribution in [-0.2, 0) is 6.54 Å². The molecule has 2 N–H and O–H groups in total. The summed E-state index contributed by atoms with van der Waals surface area (Å²) in [6.45, 7) is -0.178. The fourth-order valence-corrected chi connectivity index (χ4v) is 1.47. The highest BCUT2D eigenvalue weighted by atomic mass is 127. The molecule has 13 heavy (non-hydrogen) atoms. The average molecular weight is 302 g/mol. The summed E-state index contributed by atoms with van der Waals surface area (Å²) in [6, 6.07) is 0. The number of alkyl halides is 2. The van der Waals surface area contributed by atoms with Crippen molar-refractivity contribution in [3.05, 3.63) is 26.8 Å². The number of nitrogens with two attached hydrogens (primary N) is 1. The number of hydrogen-bond donors (Lipinski definition) is 1. The Morgan fingerprint density at radius 3 is 2.62 bits per heavy atom. The molecule has 0 atom stereocenters. The van der Waals surface area contributed by atoms with Crippen molar-refractivity contribution in [1.29, 1.82) is 0 Å². The van der Waals surface area contributed by atoms with E-state index in [9.17, 15) is 13.2 Å². The predicted molar refractivity (Wildman–Crippen MR) is 49.8 cm³/mol. The highest BCUT2D eigenvalue weighted by Crippen LogP contribution is 2.27. The van der Waals surface area contributed by atoms with Gasteiger partial charge in [0.2, 0.25) is 0 Å². The lowest BCUT2D eigenvalue weighted by Crippen LogP contribution is -2.07. The Hall–Kier alpha value is -0.370. The number of aromatic nitrogens is 1. The third-order valence-corrected chi connectivity index (χ3v) is 2.35. The molecule has 0 aliphatic heterocycles. The van der Waals surface area contributed by atoms with E-state index in [1.165, 1.54) is 6.20 Å². The van der Waals surface area contributed by atoms with Crippen LogP contribution < -0.4 is 5.73 Å². The van der Waals surface area contributed by atoms with Gasteiger partial charge in [-0.2, -0.15) is 0 Å². The van der Waals surface area contributed by atoms with E-state index in [-0.39, 0.29) is 15.8 Å². The second-order valence-corrected chi connectivity index (χ2v) is 3.45. The second-order valence-electron chi connectivity index (χ2n) is 2.29. The summed E-state index contributed by atoms with van der Waals surface area (Å²) in [5, 5.41) is 0. The Bertz CT molecular complexity index is 317. The van der Waals surface area contributed by atoms with E-state index in [2.05, 4.69) is 4.98 Å². The molecule has 0 fully saturated rings. The van der Waals surface area contributed by atoms with Gasteiger partial charge >= 0.3 is 0 Å². The topological polar surface area (TPSA) is 38.9 Å². The van der Waals surface area contributed by atoms with Gasteiger partial charge in [-0.3, -0.25) is 4.98 Å². The van der Waals surface area contributed by atoms with Gasteiger partial charge in [-0.1, -0.05) is 0 Å². The summed E-state index contributed by atoms with van der Waals surface area (Å²) in [5.74, 6) is -0.996. The molecule has 0 bridgehead atoms. The molecule has 0 aliphatic rings. The van der Waals surface area contributed by atoms with E-state index >= 15 is 0 Å². The zero-order valence-electron chi connectivity index (χ0n) is 6.40. The molecular weight excluding hydrogens is 296 g/mol. The van der Waals surface area contributed by atoms with Crippen LogP contribution in [0.1, 0.15) is 17.7 Å². The molecule has 1 aromatic heterocycles. The smallest absolute Gasteiger partial charge is 0.267 e. The van der Waals surface area contributed by atoms with Crippen LogP contribution in [0.3, 0.4) is 0 Å². The van der Waals surface area contributed by atoms with Crippen LogP contribution in [0.2, 0.25) is 0 Å². The minimum atomic E-state index is -2.83. The number of halogens is 4. The summed E-state index contributed by atoms with van der Waals surface area (Å²) in [6.07, 6.45) is -1.65. The van der Waals surface area contributed by atoms with Gasteiger partial charge in [-0.05, 0) is 22.6 Å². The predicted octanol–water partition coefficient (Wildman–Crippen LogP) is 2.22. The van der Waals surface area contributed by atoms with Gasteiger partial charge in [-0.25, -0.2) is 13.2 Å². The first-order valence-electron chi connectivity index (χ1n) is 3.39. The van der Waals surface area contributed by atoms with Crippen LogP contribution in [0.15, 0.2) is 6.20 Å². The van der Waals surface area contributed by atoms with E-state index in [4.69, 9.17) is 5.73 Å². The van der Waals surface area contributed by atoms with Crippen LogP contribution in [0.25, 0.3) is 0 Å². The van der Waals surface area contributed by atoms with Crippen LogP contribution in [-0.4, -0.2) is 4.98 Å². The molecule has 0 amide bonds. The quantitative estimate of drug-likeness (QED) is 0.851. The minimum absolute atomic E-state index is 0.113. The molecule has 0 spiro atoms. The lowest BCUT2D eigenvalue weighted by molar-refractivity contribution is 0.144. The summed E-state index contributed by atoms with van der Waals surface area (Å²) >= 11 is 1.61. The van der Waals surface area contributed by atoms with Crippen molar-refractivity contribution in [3.63, 3.8) is 0 Å². The molecule has 0 saturated carbocycles. The van der Waals surface area contributed by atoms with E-state index < -0.39 is 17.8 Å². The molecule has 0 aliphatic carbocycles. The number of pyridine rings is 1. The van der Waals surface area contributed by atoms with Gasteiger partial charge in [0.15, 0.2) is 5.82 Å². The molecular formula is C7H6F3IN2. The lowest BCUT2D eigenvalue weighted by Gasteiger charge is -2.07. The van der Waals surface area contributed by atoms with E-state index in [1.807, 2.05) is 0 Å². The molecule has 1 aromatic rings. The first-order valence-corrected chi connectivity index (χ1v) is 4.46. The zero-order valence-corrected chi connectivity index (χ0v) is 8.56. The Balaban J connectivity index is 3.30. The van der Waals surface area contributed by atoms with E-state index in [0.29, 0.717) is 0 Å². The number of nitrogens with zero attached hydrogens (tertiary/aromatic N) is 1. The highest BCUT2D eigenvalue weighted by Gasteiger charge is 2.20. The summed E-state index contributed by atoms with van der Waals surface area (Å²) in [7, 11) is 0. The summed E-state index contributed by atoms with van der Waals surface area (Å²) in [5.41, 5.74) is 4.38. The fourth-order valence-electron chi connectivity index (χ4n) is 0.863. The minimum Gasteiger partial charge on any atom is -0.325 e. The zero-order chi connectivity index (χ0) is 10.0. The molecule has 1 rings (SSSR count). The van der Waals surface area contributed by atoms with Crippen LogP contribution >= 0.6 is 22.6 Å². The van der Waals surface area contributed by atoms with Crippen molar-refractivity contribution >= 4 is 22.6 Å². The fraction of sp³-hybridized carbons (Fsp3) is 0.286. The van der Waals surface area contributed by atoms with Crippen molar-refractivity contribution in [2.24, 2.45) is 5.73 Å². The number of rotatable bonds is 2. The SMILES string of the molecule is NCc1ncc(I)c(C(F)F)c1F.